The first-order valence-corrected chi connectivity index (χ1v) is 6.52. The van der Waals surface area contributed by atoms with E-state index < -0.39 is 0 Å². The van der Waals surface area contributed by atoms with Crippen LogP contribution in [0.5, 0.6) is 0 Å². The van der Waals surface area contributed by atoms with Gasteiger partial charge in [-0.2, -0.15) is 0 Å². The van der Waals surface area contributed by atoms with E-state index in [1.165, 1.54) is 23.4 Å². The topological polar surface area (TPSA) is 63.8 Å². The number of hydrogen-bond acceptors (Lipinski definition) is 5. The summed E-state index contributed by atoms with van der Waals surface area (Å²) < 4.78 is 0. The summed E-state index contributed by atoms with van der Waals surface area (Å²) in [6.07, 6.45) is 5.19. The normalized spacial score (nSPS) is 13.7. The van der Waals surface area contributed by atoms with Crippen LogP contribution in [0.25, 0.3) is 0 Å². The molecule has 0 amide bonds. The Balaban J connectivity index is 1.86. The van der Waals surface area contributed by atoms with Crippen molar-refractivity contribution in [3.63, 3.8) is 0 Å². The van der Waals surface area contributed by atoms with Crippen molar-refractivity contribution in [3.05, 3.63) is 28.4 Å². The number of nitrogen functional groups attached to an aromatic ring is 1. The predicted octanol–water partition coefficient (Wildman–Crippen LogP) is 2.66. The Kier molecular flexibility index (Phi) is 2.48. The van der Waals surface area contributed by atoms with Crippen molar-refractivity contribution < 1.29 is 0 Å². The fourth-order valence-corrected chi connectivity index (χ4v) is 3.12. The molecule has 0 saturated heterocycles. The third kappa shape index (κ3) is 1.98. The summed E-state index contributed by atoms with van der Waals surface area (Å²) in [4.78, 5) is 10.3. The number of nitrogens with one attached hydrogen (secondary N) is 1. The lowest BCUT2D eigenvalue weighted by Crippen LogP contribution is -1.98. The van der Waals surface area contributed by atoms with E-state index in [2.05, 4.69) is 15.3 Å². The summed E-state index contributed by atoms with van der Waals surface area (Å²) in [5.41, 5.74) is 8.66. The first-order chi connectivity index (χ1) is 8.22. The van der Waals surface area contributed by atoms with Crippen LogP contribution in [0.2, 0.25) is 0 Å². The zero-order valence-electron chi connectivity index (χ0n) is 9.66. The lowest BCUT2D eigenvalue weighted by atomic mass is 10.3. The average Bonchev–Trinajstić information content (AvgIpc) is 2.82. The van der Waals surface area contributed by atoms with Gasteiger partial charge in [0, 0.05) is 4.88 Å². The van der Waals surface area contributed by atoms with Crippen molar-refractivity contribution in [1.29, 1.82) is 0 Å². The zero-order chi connectivity index (χ0) is 11.8. The van der Waals surface area contributed by atoms with Gasteiger partial charge in [0.05, 0.1) is 17.6 Å². The molecule has 2 aromatic rings. The van der Waals surface area contributed by atoms with E-state index >= 15 is 0 Å². The van der Waals surface area contributed by atoms with Gasteiger partial charge in [0.1, 0.15) is 5.82 Å². The Morgan fingerprint density at radius 3 is 3.06 bits per heavy atom. The summed E-state index contributed by atoms with van der Waals surface area (Å²) in [5.74, 6) is 0.839. The number of thiazole rings is 1. The molecule has 1 aliphatic carbocycles. The number of nitrogens with two attached hydrogens (primary N) is 1. The van der Waals surface area contributed by atoms with Gasteiger partial charge < -0.3 is 11.1 Å². The molecule has 0 aromatic carbocycles. The SMILES string of the molecule is Cc1cc(N)cnc1Nc1nc2c(s1)CCC2. The maximum atomic E-state index is 5.68. The maximum Gasteiger partial charge on any atom is 0.188 e. The van der Waals surface area contributed by atoms with Crippen LogP contribution in [0.3, 0.4) is 0 Å². The molecule has 0 aliphatic heterocycles. The number of anilines is 3. The fourth-order valence-electron chi connectivity index (χ4n) is 2.07. The van der Waals surface area contributed by atoms with Crippen molar-refractivity contribution in [2.45, 2.75) is 26.2 Å². The van der Waals surface area contributed by atoms with Gasteiger partial charge >= 0.3 is 0 Å². The lowest BCUT2D eigenvalue weighted by Gasteiger charge is -2.05. The van der Waals surface area contributed by atoms with Crippen molar-refractivity contribution in [3.8, 4) is 0 Å². The van der Waals surface area contributed by atoms with Gasteiger partial charge in [-0.1, -0.05) is 0 Å². The van der Waals surface area contributed by atoms with Gasteiger partial charge in [0.25, 0.3) is 0 Å². The molecule has 3 N–H and O–H groups in total. The second kappa shape index (κ2) is 4.00. The molecule has 4 nitrogen and oxygen atoms in total. The Hall–Kier alpha value is -1.62. The smallest absolute Gasteiger partial charge is 0.188 e. The van der Waals surface area contributed by atoms with Crippen molar-refractivity contribution in [2.75, 3.05) is 11.1 Å². The number of hydrogen-bond donors (Lipinski definition) is 2. The molecule has 0 atom stereocenters. The second-order valence-electron chi connectivity index (χ2n) is 4.30. The van der Waals surface area contributed by atoms with Crippen LogP contribution in [0.4, 0.5) is 16.6 Å². The van der Waals surface area contributed by atoms with E-state index in [9.17, 15) is 0 Å². The highest BCUT2D eigenvalue weighted by Gasteiger charge is 2.17. The molecule has 0 saturated carbocycles. The predicted molar refractivity (Wildman–Crippen MR) is 70.8 cm³/mol. The summed E-state index contributed by atoms with van der Waals surface area (Å²) in [7, 11) is 0. The number of aryl methyl sites for hydroxylation is 3. The Morgan fingerprint density at radius 1 is 1.41 bits per heavy atom. The number of fused-ring (bicyclic) bond motifs is 1. The quantitative estimate of drug-likeness (QED) is 0.855. The zero-order valence-corrected chi connectivity index (χ0v) is 10.5. The third-order valence-corrected chi connectivity index (χ3v) is 3.99. The molecular formula is C12H14N4S. The van der Waals surface area contributed by atoms with Crippen LogP contribution < -0.4 is 11.1 Å². The molecule has 2 heterocycles. The second-order valence-corrected chi connectivity index (χ2v) is 5.39. The van der Waals surface area contributed by atoms with Crippen LogP contribution >= 0.6 is 11.3 Å². The molecule has 0 unspecified atom stereocenters. The summed E-state index contributed by atoms with van der Waals surface area (Å²) in [5, 5.41) is 4.21. The van der Waals surface area contributed by atoms with Gasteiger partial charge in [-0.05, 0) is 37.8 Å². The number of pyridine rings is 1. The van der Waals surface area contributed by atoms with Crippen LogP contribution in [-0.4, -0.2) is 9.97 Å². The van der Waals surface area contributed by atoms with Crippen molar-refractivity contribution in [1.82, 2.24) is 9.97 Å². The molecule has 2 aromatic heterocycles. The van der Waals surface area contributed by atoms with Crippen LogP contribution in [-0.2, 0) is 12.8 Å². The summed E-state index contributed by atoms with van der Waals surface area (Å²) in [6, 6.07) is 1.91. The average molecular weight is 246 g/mol. The minimum Gasteiger partial charge on any atom is -0.397 e. The van der Waals surface area contributed by atoms with Gasteiger partial charge in [-0.25, -0.2) is 9.97 Å². The number of rotatable bonds is 2. The largest absolute Gasteiger partial charge is 0.397 e. The number of nitrogens with zero attached hydrogens (tertiary/aromatic N) is 2. The van der Waals surface area contributed by atoms with Gasteiger partial charge in [-0.3, -0.25) is 0 Å². The first-order valence-electron chi connectivity index (χ1n) is 5.70. The highest BCUT2D eigenvalue weighted by atomic mass is 32.1. The van der Waals surface area contributed by atoms with E-state index in [0.29, 0.717) is 5.69 Å². The molecule has 3 rings (SSSR count). The molecule has 0 bridgehead atoms. The van der Waals surface area contributed by atoms with Crippen molar-refractivity contribution in [2.24, 2.45) is 0 Å². The standard InChI is InChI=1S/C12H14N4S/c1-7-5-8(13)6-14-11(7)16-12-15-9-3-2-4-10(9)17-12/h5-6H,2-4,13H2,1H3,(H,14,15,16). The molecule has 0 radical (unpaired) electrons. The maximum absolute atomic E-state index is 5.68. The Labute approximate surface area is 104 Å². The minimum absolute atomic E-state index is 0.690. The van der Waals surface area contributed by atoms with Crippen LogP contribution in [0.15, 0.2) is 12.3 Å². The fraction of sp³-hybridized carbons (Fsp3) is 0.333. The molecule has 17 heavy (non-hydrogen) atoms. The minimum atomic E-state index is 0.690. The van der Waals surface area contributed by atoms with Gasteiger partial charge in [-0.15, -0.1) is 11.3 Å². The summed E-state index contributed by atoms with van der Waals surface area (Å²) in [6.45, 7) is 1.99. The first kappa shape index (κ1) is 10.5. The van der Waals surface area contributed by atoms with E-state index in [4.69, 9.17) is 5.73 Å². The van der Waals surface area contributed by atoms with E-state index in [1.807, 2.05) is 13.0 Å². The highest BCUT2D eigenvalue weighted by molar-refractivity contribution is 7.15. The highest BCUT2D eigenvalue weighted by Crippen LogP contribution is 2.32. The molecule has 0 fully saturated rings. The van der Waals surface area contributed by atoms with Crippen molar-refractivity contribution >= 4 is 28.0 Å². The molecule has 5 heteroatoms. The molecule has 88 valence electrons. The van der Waals surface area contributed by atoms with Crippen LogP contribution in [0, 0.1) is 6.92 Å². The van der Waals surface area contributed by atoms with E-state index in [1.54, 1.807) is 17.5 Å². The number of aromatic nitrogens is 2. The van der Waals surface area contributed by atoms with Crippen LogP contribution in [0.1, 0.15) is 22.6 Å². The van der Waals surface area contributed by atoms with Gasteiger partial charge in [0.15, 0.2) is 5.13 Å². The Bertz CT molecular complexity index is 540. The molecular weight excluding hydrogens is 232 g/mol. The third-order valence-electron chi connectivity index (χ3n) is 2.92. The van der Waals surface area contributed by atoms with E-state index in [0.717, 1.165) is 22.9 Å². The van der Waals surface area contributed by atoms with E-state index in [-0.39, 0.29) is 0 Å². The molecule has 1 aliphatic rings. The molecule has 0 spiro atoms. The lowest BCUT2D eigenvalue weighted by molar-refractivity contribution is 0.900. The monoisotopic (exact) mass is 246 g/mol. The summed E-state index contributed by atoms with van der Waals surface area (Å²) >= 11 is 1.74. The Morgan fingerprint density at radius 2 is 2.29 bits per heavy atom. The van der Waals surface area contributed by atoms with Gasteiger partial charge in [0.2, 0.25) is 0 Å².